The van der Waals surface area contributed by atoms with Crippen LogP contribution in [0.4, 0.5) is 0 Å². The Balaban J connectivity index is 2.41. The minimum Gasteiger partial charge on any atom is -0.496 e. The summed E-state index contributed by atoms with van der Waals surface area (Å²) >= 11 is 1.80. The van der Waals surface area contributed by atoms with Gasteiger partial charge in [-0.2, -0.15) is 0 Å². The van der Waals surface area contributed by atoms with E-state index in [-0.39, 0.29) is 6.04 Å². The third-order valence-electron chi connectivity index (χ3n) is 3.50. The molecule has 0 bridgehead atoms. The third kappa shape index (κ3) is 3.80. The van der Waals surface area contributed by atoms with Gasteiger partial charge in [0.15, 0.2) is 0 Å². The first-order valence-electron chi connectivity index (χ1n) is 7.31. The molecule has 1 unspecified atom stereocenters. The van der Waals surface area contributed by atoms with Crippen LogP contribution in [0.1, 0.15) is 31.0 Å². The molecular formula is C18H23NOS. The third-order valence-corrected chi connectivity index (χ3v) is 4.76. The van der Waals surface area contributed by atoms with Gasteiger partial charge in [-0.1, -0.05) is 43.0 Å². The fourth-order valence-corrected chi connectivity index (χ4v) is 3.56. The van der Waals surface area contributed by atoms with Crippen molar-refractivity contribution in [1.29, 1.82) is 0 Å². The van der Waals surface area contributed by atoms with Gasteiger partial charge in [-0.05, 0) is 44.2 Å². The van der Waals surface area contributed by atoms with E-state index in [9.17, 15) is 0 Å². The zero-order chi connectivity index (χ0) is 15.2. The number of hydrogen-bond acceptors (Lipinski definition) is 3. The van der Waals surface area contributed by atoms with Crippen molar-refractivity contribution >= 4 is 11.8 Å². The van der Waals surface area contributed by atoms with E-state index in [0.29, 0.717) is 0 Å². The van der Waals surface area contributed by atoms with Gasteiger partial charge in [-0.3, -0.25) is 0 Å². The van der Waals surface area contributed by atoms with E-state index in [1.165, 1.54) is 20.9 Å². The van der Waals surface area contributed by atoms with Crippen LogP contribution in [0.15, 0.2) is 52.3 Å². The van der Waals surface area contributed by atoms with Crippen LogP contribution in [0.2, 0.25) is 0 Å². The molecule has 0 aromatic heterocycles. The van der Waals surface area contributed by atoms with Gasteiger partial charge < -0.3 is 10.1 Å². The summed E-state index contributed by atoms with van der Waals surface area (Å²) < 4.78 is 5.57. The fraction of sp³-hybridized carbons (Fsp3) is 0.333. The van der Waals surface area contributed by atoms with Crippen LogP contribution in [-0.4, -0.2) is 13.7 Å². The van der Waals surface area contributed by atoms with Crippen molar-refractivity contribution in [2.45, 2.75) is 36.6 Å². The number of hydrogen-bond donors (Lipinski definition) is 1. The molecule has 2 aromatic carbocycles. The Morgan fingerprint density at radius 3 is 2.48 bits per heavy atom. The minimum atomic E-state index is 0.262. The van der Waals surface area contributed by atoms with E-state index < -0.39 is 0 Å². The second-order valence-electron chi connectivity index (χ2n) is 5.02. The van der Waals surface area contributed by atoms with E-state index in [1.807, 2.05) is 6.07 Å². The van der Waals surface area contributed by atoms with Crippen molar-refractivity contribution < 1.29 is 4.74 Å². The van der Waals surface area contributed by atoms with Crippen LogP contribution in [0.5, 0.6) is 5.75 Å². The standard InChI is InChI=1S/C18H23NOS/c1-5-19-14(3)18-15(20-4)10-8-12-17(18)21-16-11-7-6-9-13(16)2/h6-12,14,19H,5H2,1-4H3. The van der Waals surface area contributed by atoms with E-state index in [4.69, 9.17) is 4.74 Å². The van der Waals surface area contributed by atoms with Crippen LogP contribution < -0.4 is 10.1 Å². The lowest BCUT2D eigenvalue weighted by atomic mass is 10.1. The van der Waals surface area contributed by atoms with E-state index in [1.54, 1.807) is 18.9 Å². The average molecular weight is 301 g/mol. The largest absolute Gasteiger partial charge is 0.496 e. The van der Waals surface area contributed by atoms with E-state index in [2.05, 4.69) is 62.5 Å². The molecule has 3 heteroatoms. The van der Waals surface area contributed by atoms with E-state index >= 15 is 0 Å². The first kappa shape index (κ1) is 15.9. The monoisotopic (exact) mass is 301 g/mol. The molecule has 0 heterocycles. The van der Waals surface area contributed by atoms with Crippen molar-refractivity contribution in [2.24, 2.45) is 0 Å². The van der Waals surface area contributed by atoms with Crippen molar-refractivity contribution in [2.75, 3.05) is 13.7 Å². The molecule has 0 saturated heterocycles. The minimum absolute atomic E-state index is 0.262. The Hall–Kier alpha value is -1.45. The maximum Gasteiger partial charge on any atom is 0.124 e. The molecule has 1 N–H and O–H groups in total. The second-order valence-corrected chi connectivity index (χ2v) is 6.10. The molecule has 0 aliphatic carbocycles. The number of aryl methyl sites for hydroxylation is 1. The highest BCUT2D eigenvalue weighted by Crippen LogP contribution is 2.39. The van der Waals surface area contributed by atoms with E-state index in [0.717, 1.165) is 12.3 Å². The topological polar surface area (TPSA) is 21.3 Å². The lowest BCUT2D eigenvalue weighted by Crippen LogP contribution is -2.19. The first-order chi connectivity index (χ1) is 10.2. The van der Waals surface area contributed by atoms with Gasteiger partial charge in [-0.15, -0.1) is 0 Å². The highest BCUT2D eigenvalue weighted by molar-refractivity contribution is 7.99. The van der Waals surface area contributed by atoms with Crippen LogP contribution in [0.3, 0.4) is 0 Å². The molecule has 0 fully saturated rings. The number of ether oxygens (including phenoxy) is 1. The molecular weight excluding hydrogens is 278 g/mol. The average Bonchev–Trinajstić information content (AvgIpc) is 2.49. The summed E-state index contributed by atoms with van der Waals surface area (Å²) in [5.74, 6) is 0.946. The summed E-state index contributed by atoms with van der Waals surface area (Å²) in [5, 5.41) is 3.48. The van der Waals surface area contributed by atoms with Crippen molar-refractivity contribution in [3.63, 3.8) is 0 Å². The number of methoxy groups -OCH3 is 1. The normalized spacial score (nSPS) is 12.2. The first-order valence-corrected chi connectivity index (χ1v) is 8.12. The zero-order valence-electron chi connectivity index (χ0n) is 13.1. The van der Waals surface area contributed by atoms with Gasteiger partial charge in [0, 0.05) is 21.4 Å². The summed E-state index contributed by atoms with van der Waals surface area (Å²) in [5.41, 5.74) is 2.53. The van der Waals surface area contributed by atoms with Gasteiger partial charge in [0.25, 0.3) is 0 Å². The molecule has 1 atom stereocenters. The number of benzene rings is 2. The Morgan fingerprint density at radius 1 is 1.10 bits per heavy atom. The number of rotatable bonds is 6. The van der Waals surface area contributed by atoms with Crippen molar-refractivity contribution in [3.05, 3.63) is 53.6 Å². The predicted molar refractivity (Wildman–Crippen MR) is 90.4 cm³/mol. The second kappa shape index (κ2) is 7.53. The number of nitrogens with one attached hydrogen (secondary N) is 1. The zero-order valence-corrected chi connectivity index (χ0v) is 14.0. The molecule has 2 rings (SSSR count). The molecule has 0 aliphatic heterocycles. The lowest BCUT2D eigenvalue weighted by molar-refractivity contribution is 0.400. The Morgan fingerprint density at radius 2 is 1.81 bits per heavy atom. The molecule has 0 spiro atoms. The fourth-order valence-electron chi connectivity index (χ4n) is 2.42. The molecule has 2 nitrogen and oxygen atoms in total. The van der Waals surface area contributed by atoms with Crippen molar-refractivity contribution in [1.82, 2.24) is 5.32 Å². The SMILES string of the molecule is CCNC(C)c1c(OC)cccc1Sc1ccccc1C. The smallest absolute Gasteiger partial charge is 0.124 e. The lowest BCUT2D eigenvalue weighted by Gasteiger charge is -2.20. The highest BCUT2D eigenvalue weighted by atomic mass is 32.2. The maximum absolute atomic E-state index is 5.57. The Bertz CT molecular complexity index is 598. The molecule has 0 amide bonds. The molecule has 0 radical (unpaired) electrons. The molecule has 0 aliphatic rings. The van der Waals surface area contributed by atoms with Crippen LogP contribution in [-0.2, 0) is 0 Å². The summed E-state index contributed by atoms with van der Waals surface area (Å²) in [7, 11) is 1.74. The summed E-state index contributed by atoms with van der Waals surface area (Å²) in [6, 6.07) is 15.0. The van der Waals surface area contributed by atoms with Crippen LogP contribution in [0, 0.1) is 6.92 Å². The molecule has 21 heavy (non-hydrogen) atoms. The van der Waals surface area contributed by atoms with Gasteiger partial charge in [-0.25, -0.2) is 0 Å². The maximum atomic E-state index is 5.57. The highest BCUT2D eigenvalue weighted by Gasteiger charge is 2.16. The van der Waals surface area contributed by atoms with Gasteiger partial charge in [0.1, 0.15) is 5.75 Å². The molecule has 112 valence electrons. The molecule has 0 saturated carbocycles. The quantitative estimate of drug-likeness (QED) is 0.826. The van der Waals surface area contributed by atoms with Gasteiger partial charge >= 0.3 is 0 Å². The summed E-state index contributed by atoms with van der Waals surface area (Å²) in [6.07, 6.45) is 0. The van der Waals surface area contributed by atoms with Gasteiger partial charge in [0.2, 0.25) is 0 Å². The van der Waals surface area contributed by atoms with Gasteiger partial charge in [0.05, 0.1) is 7.11 Å². The molecule has 2 aromatic rings. The summed E-state index contributed by atoms with van der Waals surface area (Å²) in [4.78, 5) is 2.54. The van der Waals surface area contributed by atoms with Crippen LogP contribution in [0.25, 0.3) is 0 Å². The Kier molecular flexibility index (Phi) is 5.71. The Labute approximate surface area is 131 Å². The van der Waals surface area contributed by atoms with Crippen molar-refractivity contribution in [3.8, 4) is 5.75 Å². The van der Waals surface area contributed by atoms with Crippen LogP contribution >= 0.6 is 11.8 Å². The summed E-state index contributed by atoms with van der Waals surface area (Å²) in [6.45, 7) is 7.40. The predicted octanol–water partition coefficient (Wildman–Crippen LogP) is 4.83.